The van der Waals surface area contributed by atoms with Gasteiger partial charge in [0, 0.05) is 17.3 Å². The van der Waals surface area contributed by atoms with E-state index in [-0.39, 0.29) is 0 Å². The third kappa shape index (κ3) is 2.97. The first-order valence-corrected chi connectivity index (χ1v) is 8.46. The van der Waals surface area contributed by atoms with Gasteiger partial charge in [-0.2, -0.15) is 0 Å². The molecule has 2 aromatic rings. The number of carboxylic acids is 1. The van der Waals surface area contributed by atoms with Gasteiger partial charge >= 0.3 is 5.97 Å². The maximum Gasteiger partial charge on any atom is 0.346 e. The van der Waals surface area contributed by atoms with E-state index in [1.165, 1.54) is 37.0 Å². The minimum Gasteiger partial charge on any atom is -0.477 e. The molecule has 112 valence electrons. The normalized spacial score (nSPS) is 20.5. The molecule has 1 N–H and O–H groups in total. The first-order chi connectivity index (χ1) is 10.2. The van der Waals surface area contributed by atoms with Crippen LogP contribution in [0.4, 0.5) is 0 Å². The van der Waals surface area contributed by atoms with E-state index in [2.05, 4.69) is 17.9 Å². The van der Waals surface area contributed by atoms with Gasteiger partial charge in [-0.15, -0.1) is 11.3 Å². The fourth-order valence-electron chi connectivity index (χ4n) is 3.20. The average Bonchev–Trinajstić information content (AvgIpc) is 2.72. The summed E-state index contributed by atoms with van der Waals surface area (Å²) in [6, 6.07) is 8.57. The van der Waals surface area contributed by atoms with Crippen LogP contribution in [-0.2, 0) is 6.54 Å². The Hall–Kier alpha value is -1.39. The Morgan fingerprint density at radius 3 is 2.95 bits per heavy atom. The van der Waals surface area contributed by atoms with Gasteiger partial charge in [0.1, 0.15) is 4.88 Å². The van der Waals surface area contributed by atoms with Gasteiger partial charge in [0.2, 0.25) is 0 Å². The van der Waals surface area contributed by atoms with Gasteiger partial charge in [0.15, 0.2) is 0 Å². The molecule has 1 saturated heterocycles. The molecule has 1 aliphatic heterocycles. The van der Waals surface area contributed by atoms with Crippen LogP contribution in [0.2, 0.25) is 0 Å². The largest absolute Gasteiger partial charge is 0.477 e. The summed E-state index contributed by atoms with van der Waals surface area (Å²) in [5.74, 6) is -0.798. The minimum atomic E-state index is -0.798. The summed E-state index contributed by atoms with van der Waals surface area (Å²) >= 11 is 1.40. The highest BCUT2D eigenvalue weighted by atomic mass is 32.1. The molecule has 21 heavy (non-hydrogen) atoms. The molecule has 0 radical (unpaired) electrons. The lowest BCUT2D eigenvalue weighted by molar-refractivity contribution is 0.0699. The van der Waals surface area contributed by atoms with Crippen molar-refractivity contribution in [3.63, 3.8) is 0 Å². The Kier molecular flexibility index (Phi) is 4.27. The van der Waals surface area contributed by atoms with Crippen LogP contribution >= 0.6 is 11.3 Å². The molecule has 1 fully saturated rings. The van der Waals surface area contributed by atoms with E-state index in [0.717, 1.165) is 28.7 Å². The first-order valence-electron chi connectivity index (χ1n) is 7.64. The topological polar surface area (TPSA) is 40.5 Å². The van der Waals surface area contributed by atoms with Crippen molar-refractivity contribution in [3.8, 4) is 0 Å². The fraction of sp³-hybridized carbons (Fsp3) is 0.471. The molecule has 0 saturated carbocycles. The van der Waals surface area contributed by atoms with Gasteiger partial charge in [-0.3, -0.25) is 4.90 Å². The van der Waals surface area contributed by atoms with E-state index in [4.69, 9.17) is 0 Å². The summed E-state index contributed by atoms with van der Waals surface area (Å²) < 4.78 is 1.08. The number of carboxylic acid groups (broad SMARTS) is 1. The van der Waals surface area contributed by atoms with E-state index in [9.17, 15) is 9.90 Å². The Balaban J connectivity index is 1.98. The van der Waals surface area contributed by atoms with Crippen molar-refractivity contribution >= 4 is 27.4 Å². The van der Waals surface area contributed by atoms with Crippen molar-refractivity contribution in [1.29, 1.82) is 0 Å². The highest BCUT2D eigenvalue weighted by molar-refractivity contribution is 7.21. The lowest BCUT2D eigenvalue weighted by Gasteiger charge is -2.27. The van der Waals surface area contributed by atoms with E-state index in [1.54, 1.807) is 0 Å². The number of aromatic carboxylic acids is 1. The van der Waals surface area contributed by atoms with Crippen molar-refractivity contribution in [1.82, 2.24) is 4.90 Å². The Morgan fingerprint density at radius 2 is 2.14 bits per heavy atom. The molecule has 1 aliphatic rings. The van der Waals surface area contributed by atoms with Crippen LogP contribution in [-0.4, -0.2) is 28.6 Å². The summed E-state index contributed by atoms with van der Waals surface area (Å²) in [6.07, 6.45) is 5.00. The number of benzene rings is 1. The molecular weight excluding hydrogens is 282 g/mol. The molecule has 0 aliphatic carbocycles. The molecule has 3 rings (SSSR count). The molecule has 2 heterocycles. The second-order valence-electron chi connectivity index (χ2n) is 5.88. The van der Waals surface area contributed by atoms with Gasteiger partial charge in [0.05, 0.1) is 0 Å². The number of likely N-dealkylation sites (tertiary alicyclic amines) is 1. The number of nitrogens with zero attached hydrogens (tertiary/aromatic N) is 1. The van der Waals surface area contributed by atoms with Crippen molar-refractivity contribution < 1.29 is 9.90 Å². The number of hydrogen-bond donors (Lipinski definition) is 1. The fourth-order valence-corrected chi connectivity index (χ4v) is 4.25. The second kappa shape index (κ2) is 6.16. The third-order valence-electron chi connectivity index (χ3n) is 4.44. The SMILES string of the molecule is CC1CCCCCN1Cc1c(C(=O)O)sc2ccccc12. The summed E-state index contributed by atoms with van der Waals surface area (Å²) in [7, 11) is 0. The van der Waals surface area contributed by atoms with Crippen molar-refractivity contribution in [2.45, 2.75) is 45.2 Å². The van der Waals surface area contributed by atoms with Crippen LogP contribution < -0.4 is 0 Å². The van der Waals surface area contributed by atoms with E-state index in [0.29, 0.717) is 10.9 Å². The zero-order valence-electron chi connectivity index (χ0n) is 12.3. The van der Waals surface area contributed by atoms with Crippen LogP contribution in [0.15, 0.2) is 24.3 Å². The number of carbonyl (C=O) groups is 1. The molecular formula is C17H21NO2S. The molecule has 1 aromatic heterocycles. The van der Waals surface area contributed by atoms with Gasteiger partial charge in [-0.05, 0) is 43.3 Å². The Bertz CT molecular complexity index is 649. The Morgan fingerprint density at radius 1 is 1.33 bits per heavy atom. The lowest BCUT2D eigenvalue weighted by Crippen LogP contribution is -2.32. The number of rotatable bonds is 3. The summed E-state index contributed by atoms with van der Waals surface area (Å²) in [4.78, 5) is 14.5. The molecule has 0 amide bonds. The summed E-state index contributed by atoms with van der Waals surface area (Å²) in [5.41, 5.74) is 0.997. The van der Waals surface area contributed by atoms with E-state index in [1.807, 2.05) is 18.2 Å². The molecule has 0 bridgehead atoms. The minimum absolute atomic E-state index is 0.507. The average molecular weight is 303 g/mol. The van der Waals surface area contributed by atoms with E-state index < -0.39 is 5.97 Å². The predicted molar refractivity (Wildman–Crippen MR) is 87.1 cm³/mol. The molecule has 4 heteroatoms. The van der Waals surface area contributed by atoms with Crippen molar-refractivity contribution in [2.24, 2.45) is 0 Å². The van der Waals surface area contributed by atoms with Gasteiger partial charge < -0.3 is 5.11 Å². The number of hydrogen-bond acceptors (Lipinski definition) is 3. The molecule has 1 unspecified atom stereocenters. The third-order valence-corrected chi connectivity index (χ3v) is 5.65. The molecule has 3 nitrogen and oxygen atoms in total. The van der Waals surface area contributed by atoms with Crippen LogP contribution in [0, 0.1) is 0 Å². The van der Waals surface area contributed by atoms with Crippen molar-refractivity contribution in [3.05, 3.63) is 34.7 Å². The maximum atomic E-state index is 11.6. The van der Waals surface area contributed by atoms with Crippen LogP contribution in [0.1, 0.15) is 47.8 Å². The zero-order chi connectivity index (χ0) is 14.8. The van der Waals surface area contributed by atoms with Gasteiger partial charge in [0.25, 0.3) is 0 Å². The number of fused-ring (bicyclic) bond motifs is 1. The monoisotopic (exact) mass is 303 g/mol. The zero-order valence-corrected chi connectivity index (χ0v) is 13.2. The Labute approximate surface area is 129 Å². The molecule has 1 aromatic carbocycles. The van der Waals surface area contributed by atoms with E-state index >= 15 is 0 Å². The maximum absolute atomic E-state index is 11.6. The highest BCUT2D eigenvalue weighted by Gasteiger charge is 2.23. The van der Waals surface area contributed by atoms with Crippen LogP contribution in [0.3, 0.4) is 0 Å². The first kappa shape index (κ1) is 14.5. The quantitative estimate of drug-likeness (QED) is 0.915. The summed E-state index contributed by atoms with van der Waals surface area (Å²) in [5, 5.41) is 10.6. The molecule has 1 atom stereocenters. The number of thiophene rings is 1. The summed E-state index contributed by atoms with van der Waals surface area (Å²) in [6.45, 7) is 4.09. The lowest BCUT2D eigenvalue weighted by atomic mass is 10.1. The van der Waals surface area contributed by atoms with Crippen LogP contribution in [0.25, 0.3) is 10.1 Å². The predicted octanol–water partition coefficient (Wildman–Crippen LogP) is 4.36. The van der Waals surface area contributed by atoms with Gasteiger partial charge in [-0.25, -0.2) is 4.79 Å². The second-order valence-corrected chi connectivity index (χ2v) is 6.93. The standard InChI is InChI=1S/C17H21NO2S/c1-12-7-3-2-6-10-18(12)11-14-13-8-4-5-9-15(13)21-16(14)17(19)20/h4-5,8-9,12H,2-3,6-7,10-11H2,1H3,(H,19,20). The smallest absolute Gasteiger partial charge is 0.346 e. The van der Waals surface area contributed by atoms with Crippen LogP contribution in [0.5, 0.6) is 0 Å². The van der Waals surface area contributed by atoms with Gasteiger partial charge in [-0.1, -0.05) is 31.0 Å². The van der Waals surface area contributed by atoms with Crippen molar-refractivity contribution in [2.75, 3.05) is 6.54 Å². The molecule has 0 spiro atoms. The highest BCUT2D eigenvalue weighted by Crippen LogP contribution is 2.33.